The van der Waals surface area contributed by atoms with Crippen LogP contribution in [0.2, 0.25) is 0 Å². The molecule has 0 saturated carbocycles. The van der Waals surface area contributed by atoms with Gasteiger partial charge in [-0.25, -0.2) is 4.39 Å². The van der Waals surface area contributed by atoms with Gasteiger partial charge in [0.15, 0.2) is 0 Å². The van der Waals surface area contributed by atoms with E-state index in [1.54, 1.807) is 0 Å². The molecule has 2 N–H and O–H groups in total. The van der Waals surface area contributed by atoms with Gasteiger partial charge in [-0.2, -0.15) is 0 Å². The minimum absolute atomic E-state index is 0.202. The number of benzene rings is 2. The fourth-order valence-corrected chi connectivity index (χ4v) is 3.22. The number of rotatable bonds is 7. The van der Waals surface area contributed by atoms with Crippen LogP contribution in [0, 0.1) is 5.82 Å². The lowest BCUT2D eigenvalue weighted by Crippen LogP contribution is -3.16. The van der Waals surface area contributed by atoms with Gasteiger partial charge in [-0.3, -0.25) is 0 Å². The van der Waals surface area contributed by atoms with Crippen LogP contribution in [0.1, 0.15) is 5.56 Å². The molecule has 2 aromatic carbocycles. The molecular weight excluding hydrogens is 319 g/mol. The lowest BCUT2D eigenvalue weighted by atomic mass is 10.2. The Morgan fingerprint density at radius 1 is 1.04 bits per heavy atom. The Labute approximate surface area is 148 Å². The van der Waals surface area contributed by atoms with E-state index in [2.05, 4.69) is 4.90 Å². The van der Waals surface area contributed by atoms with Gasteiger partial charge in [0.2, 0.25) is 0 Å². The summed E-state index contributed by atoms with van der Waals surface area (Å²) in [4.78, 5) is 3.65. The summed E-state index contributed by atoms with van der Waals surface area (Å²) in [5, 5.41) is 10.2. The molecule has 0 amide bonds. The average molecular weight is 345 g/mol. The van der Waals surface area contributed by atoms with Crippen molar-refractivity contribution in [1.29, 1.82) is 0 Å². The van der Waals surface area contributed by atoms with Crippen molar-refractivity contribution in [3.8, 4) is 0 Å². The summed E-state index contributed by atoms with van der Waals surface area (Å²) in [6.45, 7) is 5.36. The second-order valence-corrected chi connectivity index (χ2v) is 6.57. The highest BCUT2D eigenvalue weighted by molar-refractivity contribution is 5.46. The highest BCUT2D eigenvalue weighted by atomic mass is 19.1. The molecule has 1 unspecified atom stereocenters. The van der Waals surface area contributed by atoms with Crippen LogP contribution in [0.5, 0.6) is 0 Å². The number of quaternary nitrogens is 1. The standard InChI is InChI=1S/C20H25FN2O2/c21-18-6-8-19(9-7-18)23-12-10-22(11-13-23)14-20(24)16-25-15-17-4-2-1-3-5-17/h1-9,20,24H,10-16H2/p+1. The molecule has 5 heteroatoms. The molecule has 0 radical (unpaired) electrons. The molecule has 0 bridgehead atoms. The first-order valence-corrected chi connectivity index (χ1v) is 8.84. The zero-order valence-electron chi connectivity index (χ0n) is 14.4. The number of halogens is 1. The van der Waals surface area contributed by atoms with Gasteiger partial charge in [0.25, 0.3) is 0 Å². The number of aliphatic hydroxyl groups is 1. The SMILES string of the molecule is OC(COCc1ccccc1)C[NH+]1CCN(c2ccc(F)cc2)CC1. The van der Waals surface area contributed by atoms with Crippen molar-refractivity contribution in [2.45, 2.75) is 12.7 Å². The lowest BCUT2D eigenvalue weighted by molar-refractivity contribution is -0.903. The van der Waals surface area contributed by atoms with Gasteiger partial charge in [-0.05, 0) is 29.8 Å². The maximum Gasteiger partial charge on any atom is 0.126 e. The Hall–Kier alpha value is -1.95. The van der Waals surface area contributed by atoms with Crippen LogP contribution in [0.15, 0.2) is 54.6 Å². The zero-order valence-corrected chi connectivity index (χ0v) is 14.4. The van der Waals surface area contributed by atoms with Crippen molar-refractivity contribution in [1.82, 2.24) is 0 Å². The second kappa shape index (κ2) is 8.94. The summed E-state index contributed by atoms with van der Waals surface area (Å²) in [6, 6.07) is 16.6. The lowest BCUT2D eigenvalue weighted by Gasteiger charge is -2.34. The monoisotopic (exact) mass is 345 g/mol. The van der Waals surface area contributed by atoms with E-state index in [4.69, 9.17) is 4.74 Å². The van der Waals surface area contributed by atoms with Gasteiger partial charge in [-0.15, -0.1) is 0 Å². The van der Waals surface area contributed by atoms with E-state index in [-0.39, 0.29) is 5.82 Å². The first kappa shape index (κ1) is 17.9. The summed E-state index contributed by atoms with van der Waals surface area (Å²) < 4.78 is 18.6. The van der Waals surface area contributed by atoms with Gasteiger partial charge < -0.3 is 19.6 Å². The van der Waals surface area contributed by atoms with Crippen LogP contribution in [0.25, 0.3) is 0 Å². The molecule has 134 valence electrons. The summed E-state index contributed by atoms with van der Waals surface area (Å²) in [7, 11) is 0. The van der Waals surface area contributed by atoms with E-state index in [9.17, 15) is 9.50 Å². The normalized spacial score (nSPS) is 16.8. The van der Waals surface area contributed by atoms with Crippen molar-refractivity contribution < 1.29 is 19.1 Å². The molecule has 1 aliphatic heterocycles. The maximum atomic E-state index is 13.0. The van der Waals surface area contributed by atoms with Crippen LogP contribution in [-0.4, -0.2) is 50.5 Å². The molecule has 3 rings (SSSR count). The largest absolute Gasteiger partial charge is 0.385 e. The molecule has 2 aromatic rings. The fraction of sp³-hybridized carbons (Fsp3) is 0.400. The molecule has 0 aromatic heterocycles. The summed E-state index contributed by atoms with van der Waals surface area (Å²) in [5.74, 6) is -0.202. The first-order chi connectivity index (χ1) is 12.2. The first-order valence-electron chi connectivity index (χ1n) is 8.84. The molecule has 4 nitrogen and oxygen atoms in total. The number of aliphatic hydroxyl groups excluding tert-OH is 1. The van der Waals surface area contributed by atoms with E-state index in [0.717, 1.165) is 37.4 Å². The number of piperazine rings is 1. The third-order valence-electron chi connectivity index (χ3n) is 4.61. The number of nitrogens with zero attached hydrogens (tertiary/aromatic N) is 1. The Balaban J connectivity index is 1.36. The molecule has 0 spiro atoms. The number of nitrogens with one attached hydrogen (secondary N) is 1. The highest BCUT2D eigenvalue weighted by Crippen LogP contribution is 2.14. The van der Waals surface area contributed by atoms with E-state index in [0.29, 0.717) is 19.8 Å². The minimum atomic E-state index is -0.448. The zero-order chi connectivity index (χ0) is 17.5. The van der Waals surface area contributed by atoms with Crippen LogP contribution in [0.4, 0.5) is 10.1 Å². The van der Waals surface area contributed by atoms with Crippen molar-refractivity contribution >= 4 is 5.69 Å². The predicted molar refractivity (Wildman–Crippen MR) is 96.3 cm³/mol. The number of hydrogen-bond acceptors (Lipinski definition) is 3. The van der Waals surface area contributed by atoms with Gasteiger partial charge in [-0.1, -0.05) is 30.3 Å². The van der Waals surface area contributed by atoms with Crippen LogP contribution in [0.3, 0.4) is 0 Å². The van der Waals surface area contributed by atoms with Crippen molar-refractivity contribution in [2.24, 2.45) is 0 Å². The van der Waals surface area contributed by atoms with E-state index < -0.39 is 6.10 Å². The molecule has 1 saturated heterocycles. The van der Waals surface area contributed by atoms with Gasteiger partial charge in [0, 0.05) is 5.69 Å². The van der Waals surface area contributed by atoms with Crippen LogP contribution in [-0.2, 0) is 11.3 Å². The minimum Gasteiger partial charge on any atom is -0.385 e. The summed E-state index contributed by atoms with van der Waals surface area (Å²) in [6.07, 6.45) is -0.448. The Morgan fingerprint density at radius 3 is 2.40 bits per heavy atom. The Bertz CT molecular complexity index is 628. The maximum absolute atomic E-state index is 13.0. The second-order valence-electron chi connectivity index (χ2n) is 6.57. The van der Waals surface area contributed by atoms with Crippen molar-refractivity contribution in [2.75, 3.05) is 44.2 Å². The quantitative estimate of drug-likeness (QED) is 0.789. The predicted octanol–water partition coefficient (Wildman–Crippen LogP) is 1.11. The summed E-state index contributed by atoms with van der Waals surface area (Å²) >= 11 is 0. The number of ether oxygens (including phenoxy) is 1. The Morgan fingerprint density at radius 2 is 1.72 bits per heavy atom. The molecule has 0 aliphatic carbocycles. The Kier molecular flexibility index (Phi) is 6.39. The third kappa shape index (κ3) is 5.53. The van der Waals surface area contributed by atoms with Crippen molar-refractivity contribution in [3.63, 3.8) is 0 Å². The third-order valence-corrected chi connectivity index (χ3v) is 4.61. The molecule has 1 aliphatic rings. The van der Waals surface area contributed by atoms with E-state index >= 15 is 0 Å². The van der Waals surface area contributed by atoms with Gasteiger partial charge in [0.05, 0.1) is 39.4 Å². The van der Waals surface area contributed by atoms with Gasteiger partial charge >= 0.3 is 0 Å². The number of anilines is 1. The smallest absolute Gasteiger partial charge is 0.126 e. The topological polar surface area (TPSA) is 37.1 Å². The molecule has 25 heavy (non-hydrogen) atoms. The van der Waals surface area contributed by atoms with Crippen LogP contribution < -0.4 is 9.80 Å². The fourth-order valence-electron chi connectivity index (χ4n) is 3.22. The van der Waals surface area contributed by atoms with E-state index in [1.165, 1.54) is 17.0 Å². The molecular formula is C20H26FN2O2+. The molecule has 1 fully saturated rings. The van der Waals surface area contributed by atoms with Crippen molar-refractivity contribution in [3.05, 3.63) is 66.0 Å². The van der Waals surface area contributed by atoms with E-state index in [1.807, 2.05) is 42.5 Å². The van der Waals surface area contributed by atoms with Crippen LogP contribution >= 0.6 is 0 Å². The molecule has 1 atom stereocenters. The highest BCUT2D eigenvalue weighted by Gasteiger charge is 2.22. The number of hydrogen-bond donors (Lipinski definition) is 2. The molecule has 1 heterocycles. The average Bonchev–Trinajstić information content (AvgIpc) is 2.64. The van der Waals surface area contributed by atoms with Gasteiger partial charge in [0.1, 0.15) is 18.5 Å². The summed E-state index contributed by atoms with van der Waals surface area (Å²) in [5.41, 5.74) is 2.18.